The van der Waals surface area contributed by atoms with Gasteiger partial charge in [0.05, 0.1) is 5.69 Å². The van der Waals surface area contributed by atoms with Crippen LogP contribution in [0.4, 0.5) is 5.69 Å². The Morgan fingerprint density at radius 2 is 1.90 bits per heavy atom. The molecule has 5 heteroatoms. The Morgan fingerprint density at radius 3 is 2.52 bits per heavy atom. The van der Waals surface area contributed by atoms with Crippen molar-refractivity contribution in [1.29, 1.82) is 0 Å². The normalized spacial score (nSPS) is 10.0. The molecule has 0 aromatic heterocycles. The van der Waals surface area contributed by atoms with E-state index in [-0.39, 0.29) is 11.0 Å². The number of aryl methyl sites for hydroxylation is 1. The van der Waals surface area contributed by atoms with Crippen molar-refractivity contribution in [2.75, 3.05) is 5.32 Å². The maximum Gasteiger partial charge on any atom is 0.257 e. The van der Waals surface area contributed by atoms with E-state index in [2.05, 4.69) is 33.5 Å². The minimum atomic E-state index is -0.227. The van der Waals surface area contributed by atoms with E-state index >= 15 is 0 Å². The van der Waals surface area contributed by atoms with Gasteiger partial charge in [-0.05, 0) is 64.4 Å². The second-order valence-electron chi connectivity index (χ2n) is 4.44. The Hall–Kier alpha value is -1.72. The van der Waals surface area contributed by atoms with Crippen LogP contribution in [-0.2, 0) is 6.42 Å². The Morgan fingerprint density at radius 1 is 1.19 bits per heavy atom. The summed E-state index contributed by atoms with van der Waals surface area (Å²) >= 11 is 8.66. The molecule has 0 heterocycles. The highest BCUT2D eigenvalue weighted by Gasteiger charge is 2.08. The van der Waals surface area contributed by atoms with E-state index in [9.17, 15) is 4.79 Å². The first-order chi connectivity index (χ1) is 10.1. The van der Waals surface area contributed by atoms with Crippen LogP contribution in [0.3, 0.4) is 0 Å². The first kappa shape index (κ1) is 15.7. The number of thiocarbonyl (C=S) groups is 1. The summed E-state index contributed by atoms with van der Waals surface area (Å²) in [7, 11) is 0. The molecule has 0 bridgehead atoms. The van der Waals surface area contributed by atoms with E-state index in [1.165, 1.54) is 5.56 Å². The summed E-state index contributed by atoms with van der Waals surface area (Å²) in [5.41, 5.74) is 2.62. The van der Waals surface area contributed by atoms with Gasteiger partial charge in [0, 0.05) is 10.0 Å². The van der Waals surface area contributed by atoms with Crippen LogP contribution in [0.2, 0.25) is 0 Å². The fourth-order valence-corrected chi connectivity index (χ4v) is 2.53. The molecule has 108 valence electrons. The lowest BCUT2D eigenvalue weighted by atomic mass is 10.1. The topological polar surface area (TPSA) is 41.1 Å². The summed E-state index contributed by atoms with van der Waals surface area (Å²) < 4.78 is 0.915. The zero-order valence-corrected chi connectivity index (χ0v) is 13.9. The van der Waals surface area contributed by atoms with Crippen molar-refractivity contribution in [3.63, 3.8) is 0 Å². The fraction of sp³-hybridized carbons (Fsp3) is 0.125. The van der Waals surface area contributed by atoms with Crippen molar-refractivity contribution in [1.82, 2.24) is 5.32 Å². The molecular weight excluding hydrogens is 348 g/mol. The third-order valence-electron chi connectivity index (χ3n) is 2.95. The van der Waals surface area contributed by atoms with Crippen LogP contribution >= 0.6 is 28.1 Å². The van der Waals surface area contributed by atoms with Gasteiger partial charge < -0.3 is 5.32 Å². The standard InChI is InChI=1S/C16H15BrN2OS/c1-2-11-8-9-14(13(17)10-11)18-16(21)19-15(20)12-6-4-3-5-7-12/h3-10H,2H2,1H3,(H2,18,19,20,21). The molecule has 3 nitrogen and oxygen atoms in total. The second-order valence-corrected chi connectivity index (χ2v) is 5.70. The lowest BCUT2D eigenvalue weighted by Gasteiger charge is -2.12. The molecule has 2 aromatic carbocycles. The number of anilines is 1. The van der Waals surface area contributed by atoms with E-state index in [0.29, 0.717) is 5.56 Å². The van der Waals surface area contributed by atoms with E-state index in [0.717, 1.165) is 16.6 Å². The quantitative estimate of drug-likeness (QED) is 0.806. The van der Waals surface area contributed by atoms with Crippen molar-refractivity contribution in [3.8, 4) is 0 Å². The first-order valence-corrected chi connectivity index (χ1v) is 7.76. The third kappa shape index (κ3) is 4.37. The van der Waals surface area contributed by atoms with Crippen LogP contribution in [0, 0.1) is 0 Å². The Bertz CT molecular complexity index is 659. The van der Waals surface area contributed by atoms with Gasteiger partial charge in [-0.2, -0.15) is 0 Å². The highest BCUT2D eigenvalue weighted by atomic mass is 79.9. The predicted molar refractivity (Wildman–Crippen MR) is 93.6 cm³/mol. The SMILES string of the molecule is CCc1ccc(NC(=S)NC(=O)c2ccccc2)c(Br)c1. The number of benzene rings is 2. The number of carbonyl (C=O) groups is 1. The molecule has 0 aliphatic rings. The molecule has 0 fully saturated rings. The van der Waals surface area contributed by atoms with Gasteiger partial charge in [-0.3, -0.25) is 10.1 Å². The summed E-state index contributed by atoms with van der Waals surface area (Å²) in [6.45, 7) is 2.10. The number of rotatable bonds is 3. The molecule has 0 unspecified atom stereocenters. The lowest BCUT2D eigenvalue weighted by Crippen LogP contribution is -2.34. The minimum Gasteiger partial charge on any atom is -0.331 e. The molecule has 21 heavy (non-hydrogen) atoms. The predicted octanol–water partition coefficient (Wildman–Crippen LogP) is 4.14. The fourth-order valence-electron chi connectivity index (χ4n) is 1.80. The van der Waals surface area contributed by atoms with Crippen LogP contribution in [0.15, 0.2) is 53.0 Å². The molecule has 0 saturated heterocycles. The van der Waals surface area contributed by atoms with Crippen LogP contribution in [0.25, 0.3) is 0 Å². The average molecular weight is 363 g/mol. The van der Waals surface area contributed by atoms with Crippen LogP contribution in [0.1, 0.15) is 22.8 Å². The largest absolute Gasteiger partial charge is 0.331 e. The minimum absolute atomic E-state index is 0.227. The molecule has 1 amide bonds. The van der Waals surface area contributed by atoms with Crippen molar-refractivity contribution < 1.29 is 4.79 Å². The molecule has 2 N–H and O–H groups in total. The molecule has 0 saturated carbocycles. The van der Waals surface area contributed by atoms with Gasteiger partial charge in [-0.15, -0.1) is 0 Å². The van der Waals surface area contributed by atoms with Crippen molar-refractivity contribution in [2.24, 2.45) is 0 Å². The molecular formula is C16H15BrN2OS. The van der Waals surface area contributed by atoms with Crippen LogP contribution in [-0.4, -0.2) is 11.0 Å². The van der Waals surface area contributed by atoms with Gasteiger partial charge >= 0.3 is 0 Å². The average Bonchev–Trinajstić information content (AvgIpc) is 2.50. The maximum atomic E-state index is 12.0. The number of carbonyl (C=O) groups excluding carboxylic acids is 1. The molecule has 0 atom stereocenters. The molecule has 0 aliphatic heterocycles. The van der Waals surface area contributed by atoms with Crippen LogP contribution in [0.5, 0.6) is 0 Å². The molecule has 0 aliphatic carbocycles. The highest BCUT2D eigenvalue weighted by molar-refractivity contribution is 9.10. The molecule has 0 radical (unpaired) electrons. The summed E-state index contributed by atoms with van der Waals surface area (Å²) in [5.74, 6) is -0.227. The van der Waals surface area contributed by atoms with E-state index in [1.807, 2.05) is 36.4 Å². The number of halogens is 1. The van der Waals surface area contributed by atoms with Crippen molar-refractivity contribution in [3.05, 3.63) is 64.1 Å². The van der Waals surface area contributed by atoms with E-state index < -0.39 is 0 Å². The van der Waals surface area contributed by atoms with E-state index in [1.54, 1.807) is 12.1 Å². The second kappa shape index (κ2) is 7.33. The van der Waals surface area contributed by atoms with Crippen molar-refractivity contribution >= 4 is 44.9 Å². The Balaban J connectivity index is 2.00. The summed E-state index contributed by atoms with van der Waals surface area (Å²) in [5, 5.41) is 5.95. The zero-order valence-electron chi connectivity index (χ0n) is 11.5. The van der Waals surface area contributed by atoms with Gasteiger partial charge in [0.2, 0.25) is 0 Å². The highest BCUT2D eigenvalue weighted by Crippen LogP contribution is 2.23. The third-order valence-corrected chi connectivity index (χ3v) is 3.81. The summed E-state index contributed by atoms with van der Waals surface area (Å²) in [6.07, 6.45) is 0.966. The molecule has 2 rings (SSSR count). The molecule has 0 spiro atoms. The lowest BCUT2D eigenvalue weighted by molar-refractivity contribution is 0.0978. The number of nitrogens with one attached hydrogen (secondary N) is 2. The van der Waals surface area contributed by atoms with Crippen LogP contribution < -0.4 is 10.6 Å². The molecule has 2 aromatic rings. The van der Waals surface area contributed by atoms with Gasteiger partial charge in [0.1, 0.15) is 0 Å². The summed E-state index contributed by atoms with van der Waals surface area (Å²) in [4.78, 5) is 12.0. The van der Waals surface area contributed by atoms with Gasteiger partial charge in [0.15, 0.2) is 5.11 Å². The van der Waals surface area contributed by atoms with E-state index in [4.69, 9.17) is 12.2 Å². The van der Waals surface area contributed by atoms with Crippen molar-refractivity contribution in [2.45, 2.75) is 13.3 Å². The monoisotopic (exact) mass is 362 g/mol. The summed E-state index contributed by atoms with van der Waals surface area (Å²) in [6, 6.07) is 15.0. The Labute approximate surface area is 137 Å². The first-order valence-electron chi connectivity index (χ1n) is 6.56. The van der Waals surface area contributed by atoms with Gasteiger partial charge in [-0.1, -0.05) is 31.2 Å². The zero-order chi connectivity index (χ0) is 15.2. The Kier molecular flexibility index (Phi) is 5.47. The number of amides is 1. The maximum absolute atomic E-state index is 12.0. The number of hydrogen-bond acceptors (Lipinski definition) is 2. The van der Waals surface area contributed by atoms with Gasteiger partial charge in [-0.25, -0.2) is 0 Å². The number of hydrogen-bond donors (Lipinski definition) is 2. The smallest absolute Gasteiger partial charge is 0.257 e. The van der Waals surface area contributed by atoms with Gasteiger partial charge in [0.25, 0.3) is 5.91 Å².